The number of fused-ring (bicyclic) bond motifs is 1. The lowest BCUT2D eigenvalue weighted by molar-refractivity contribution is -0.114. The molecule has 3 aromatic rings. The van der Waals surface area contributed by atoms with Crippen molar-refractivity contribution in [3.05, 3.63) is 46.4 Å². The fourth-order valence-corrected chi connectivity index (χ4v) is 3.93. The van der Waals surface area contributed by atoms with Gasteiger partial charge in [0, 0.05) is 30.0 Å². The Bertz CT molecular complexity index is 1130. The van der Waals surface area contributed by atoms with Gasteiger partial charge in [0.25, 0.3) is 5.56 Å². The van der Waals surface area contributed by atoms with Gasteiger partial charge in [-0.3, -0.25) is 19.0 Å². The van der Waals surface area contributed by atoms with E-state index in [1.807, 2.05) is 26.8 Å². The van der Waals surface area contributed by atoms with Crippen molar-refractivity contribution in [2.45, 2.75) is 45.3 Å². The Balaban J connectivity index is 1.75. The van der Waals surface area contributed by atoms with Crippen LogP contribution in [0.5, 0.6) is 0 Å². The zero-order valence-corrected chi connectivity index (χ0v) is 18.2. The van der Waals surface area contributed by atoms with E-state index in [1.54, 1.807) is 28.8 Å². The quantitative estimate of drug-likeness (QED) is 0.394. The summed E-state index contributed by atoms with van der Waals surface area (Å²) in [6, 6.07) is 8.66. The summed E-state index contributed by atoms with van der Waals surface area (Å²) in [6.45, 7) is 7.29. The third-order valence-corrected chi connectivity index (χ3v) is 5.59. The second kappa shape index (κ2) is 9.17. The zero-order chi connectivity index (χ0) is 21.8. The third-order valence-electron chi connectivity index (χ3n) is 4.64. The Morgan fingerprint density at radius 3 is 2.43 bits per heavy atom. The standard InChI is InChI=1S/C21H25N5O3S/c1-5-13(3)26-20(29)19-17(10-12(2)22-19)25-21(26)30-11-18(28)24-16-8-6-15(7-9-16)23-14(4)27/h6-10,13,22H,5,11H2,1-4H3,(H,23,27)(H,24,28)/t13-/m1/s1. The van der Waals surface area contributed by atoms with E-state index in [0.717, 1.165) is 12.1 Å². The number of benzene rings is 1. The first-order valence-electron chi connectivity index (χ1n) is 9.70. The molecule has 2 heterocycles. The molecule has 2 aromatic heterocycles. The molecule has 0 radical (unpaired) electrons. The average Bonchev–Trinajstić information content (AvgIpc) is 3.07. The van der Waals surface area contributed by atoms with E-state index in [-0.39, 0.29) is 29.2 Å². The Morgan fingerprint density at radius 2 is 1.83 bits per heavy atom. The zero-order valence-electron chi connectivity index (χ0n) is 17.4. The van der Waals surface area contributed by atoms with Crippen molar-refractivity contribution in [3.63, 3.8) is 0 Å². The number of rotatable bonds is 7. The van der Waals surface area contributed by atoms with Gasteiger partial charge in [0.1, 0.15) is 5.52 Å². The minimum absolute atomic E-state index is 0.0371. The van der Waals surface area contributed by atoms with Crippen molar-refractivity contribution in [1.82, 2.24) is 14.5 Å². The lowest BCUT2D eigenvalue weighted by atomic mass is 10.2. The Kier molecular flexibility index (Phi) is 6.61. The number of nitrogens with one attached hydrogen (secondary N) is 3. The summed E-state index contributed by atoms with van der Waals surface area (Å²) in [6.07, 6.45) is 0.771. The molecule has 0 aliphatic rings. The van der Waals surface area contributed by atoms with Crippen molar-refractivity contribution in [2.24, 2.45) is 0 Å². The van der Waals surface area contributed by atoms with Gasteiger partial charge < -0.3 is 15.6 Å². The van der Waals surface area contributed by atoms with Crippen LogP contribution in [0.15, 0.2) is 40.3 Å². The lowest BCUT2D eigenvalue weighted by Gasteiger charge is -2.17. The van der Waals surface area contributed by atoms with Crippen LogP contribution in [0.2, 0.25) is 0 Å². The van der Waals surface area contributed by atoms with Crippen LogP contribution in [-0.4, -0.2) is 32.1 Å². The SMILES string of the molecule is CC[C@@H](C)n1c(SCC(=O)Nc2ccc(NC(C)=O)cc2)nc2cc(C)[nH]c2c1=O. The molecule has 30 heavy (non-hydrogen) atoms. The van der Waals surface area contributed by atoms with Gasteiger partial charge in [-0.1, -0.05) is 18.7 Å². The van der Waals surface area contributed by atoms with E-state index < -0.39 is 0 Å². The first-order chi connectivity index (χ1) is 14.3. The number of thioether (sulfide) groups is 1. The highest BCUT2D eigenvalue weighted by molar-refractivity contribution is 7.99. The monoisotopic (exact) mass is 427 g/mol. The lowest BCUT2D eigenvalue weighted by Crippen LogP contribution is -2.26. The first-order valence-corrected chi connectivity index (χ1v) is 10.7. The molecule has 0 saturated heterocycles. The maximum absolute atomic E-state index is 13.0. The van der Waals surface area contributed by atoms with Gasteiger partial charge in [0.15, 0.2) is 5.16 Å². The van der Waals surface area contributed by atoms with Crippen LogP contribution >= 0.6 is 11.8 Å². The van der Waals surface area contributed by atoms with E-state index in [9.17, 15) is 14.4 Å². The summed E-state index contributed by atoms with van der Waals surface area (Å²) < 4.78 is 1.65. The second-order valence-electron chi connectivity index (χ2n) is 7.13. The van der Waals surface area contributed by atoms with Crippen molar-refractivity contribution >= 4 is 46.0 Å². The molecule has 158 valence electrons. The van der Waals surface area contributed by atoms with E-state index >= 15 is 0 Å². The molecule has 1 atom stereocenters. The molecule has 1 aromatic carbocycles. The van der Waals surface area contributed by atoms with E-state index in [0.29, 0.717) is 27.6 Å². The molecule has 0 aliphatic heterocycles. The van der Waals surface area contributed by atoms with Crippen LogP contribution in [0.3, 0.4) is 0 Å². The number of carbonyl (C=O) groups excluding carboxylic acids is 2. The number of carbonyl (C=O) groups is 2. The van der Waals surface area contributed by atoms with Gasteiger partial charge in [0.05, 0.1) is 11.3 Å². The number of hydrogen-bond donors (Lipinski definition) is 3. The van der Waals surface area contributed by atoms with E-state index in [1.165, 1.54) is 18.7 Å². The Labute approximate surface area is 178 Å². The van der Waals surface area contributed by atoms with Crippen LogP contribution in [0.1, 0.15) is 38.9 Å². The smallest absolute Gasteiger partial charge is 0.278 e. The molecular formula is C21H25N5O3S. The minimum Gasteiger partial charge on any atom is -0.353 e. The maximum atomic E-state index is 13.0. The van der Waals surface area contributed by atoms with Gasteiger partial charge in [-0.15, -0.1) is 0 Å². The molecule has 8 nitrogen and oxygen atoms in total. The highest BCUT2D eigenvalue weighted by Crippen LogP contribution is 2.23. The minimum atomic E-state index is -0.206. The van der Waals surface area contributed by atoms with Crippen LogP contribution < -0.4 is 16.2 Å². The number of anilines is 2. The summed E-state index contributed by atoms with van der Waals surface area (Å²) in [5, 5.41) is 6.02. The molecule has 2 amide bonds. The second-order valence-corrected chi connectivity index (χ2v) is 8.08. The predicted molar refractivity (Wildman–Crippen MR) is 120 cm³/mol. The fourth-order valence-electron chi connectivity index (χ4n) is 3.03. The molecule has 0 aliphatic carbocycles. The highest BCUT2D eigenvalue weighted by Gasteiger charge is 2.18. The van der Waals surface area contributed by atoms with Crippen molar-refractivity contribution in [2.75, 3.05) is 16.4 Å². The highest BCUT2D eigenvalue weighted by atomic mass is 32.2. The van der Waals surface area contributed by atoms with Crippen LogP contribution in [0.4, 0.5) is 11.4 Å². The molecule has 0 fully saturated rings. The molecule has 3 rings (SSSR count). The van der Waals surface area contributed by atoms with Gasteiger partial charge in [0.2, 0.25) is 11.8 Å². The summed E-state index contributed by atoms with van der Waals surface area (Å²) in [5.41, 5.74) is 3.12. The molecule has 0 bridgehead atoms. The van der Waals surface area contributed by atoms with E-state index in [2.05, 4.69) is 20.6 Å². The third kappa shape index (κ3) is 4.91. The number of aryl methyl sites for hydroxylation is 1. The maximum Gasteiger partial charge on any atom is 0.278 e. The Morgan fingerprint density at radius 1 is 1.20 bits per heavy atom. The van der Waals surface area contributed by atoms with Crippen molar-refractivity contribution in [1.29, 1.82) is 0 Å². The number of aromatic nitrogens is 3. The normalized spacial score (nSPS) is 12.0. The average molecular weight is 428 g/mol. The van der Waals surface area contributed by atoms with Gasteiger partial charge in [-0.25, -0.2) is 4.98 Å². The van der Waals surface area contributed by atoms with E-state index in [4.69, 9.17) is 0 Å². The number of hydrogen-bond acceptors (Lipinski definition) is 5. The molecule has 3 N–H and O–H groups in total. The van der Waals surface area contributed by atoms with Gasteiger partial charge >= 0.3 is 0 Å². The molecule has 0 unspecified atom stereocenters. The summed E-state index contributed by atoms with van der Waals surface area (Å²) in [7, 11) is 0. The number of nitrogens with zero attached hydrogens (tertiary/aromatic N) is 2. The molecule has 0 spiro atoms. The number of aromatic amines is 1. The summed E-state index contributed by atoms with van der Waals surface area (Å²) in [4.78, 5) is 44.2. The first kappa shape index (κ1) is 21.6. The van der Waals surface area contributed by atoms with Crippen LogP contribution in [0.25, 0.3) is 11.0 Å². The molecule has 9 heteroatoms. The molecule has 0 saturated carbocycles. The van der Waals surface area contributed by atoms with Crippen LogP contribution in [0, 0.1) is 6.92 Å². The van der Waals surface area contributed by atoms with Crippen LogP contribution in [-0.2, 0) is 9.59 Å². The predicted octanol–water partition coefficient (Wildman–Crippen LogP) is 3.69. The largest absolute Gasteiger partial charge is 0.353 e. The van der Waals surface area contributed by atoms with Gasteiger partial charge in [-0.05, 0) is 50.6 Å². The molecular weight excluding hydrogens is 402 g/mol. The number of H-pyrrole nitrogens is 1. The number of amides is 2. The fraction of sp³-hybridized carbons (Fsp3) is 0.333. The van der Waals surface area contributed by atoms with Crippen molar-refractivity contribution in [3.8, 4) is 0 Å². The van der Waals surface area contributed by atoms with Crippen molar-refractivity contribution < 1.29 is 9.59 Å². The topological polar surface area (TPSA) is 109 Å². The summed E-state index contributed by atoms with van der Waals surface area (Å²) >= 11 is 1.24. The summed E-state index contributed by atoms with van der Waals surface area (Å²) in [5.74, 6) is -0.245. The Hall–Kier alpha value is -3.07. The van der Waals surface area contributed by atoms with Gasteiger partial charge in [-0.2, -0.15) is 0 Å².